The van der Waals surface area contributed by atoms with Gasteiger partial charge in [0.25, 0.3) is 0 Å². The van der Waals surface area contributed by atoms with Crippen LogP contribution in [0, 0.1) is 0 Å². The molecule has 1 saturated heterocycles. The third-order valence-corrected chi connectivity index (χ3v) is 2.94. The Morgan fingerprint density at radius 3 is 2.89 bits per heavy atom. The number of hydrogen-bond donors (Lipinski definition) is 3. The normalized spacial score (nSPS) is 20.4. The summed E-state index contributed by atoms with van der Waals surface area (Å²) < 4.78 is 0. The second-order valence-corrected chi connectivity index (χ2v) is 4.20. The molecule has 1 fully saturated rings. The molecule has 0 aliphatic carbocycles. The molecule has 4 N–H and O–H groups in total. The number of hydroxylamine groups is 2. The van der Waals surface area contributed by atoms with E-state index >= 15 is 0 Å². The Morgan fingerprint density at radius 2 is 2.32 bits per heavy atom. The number of amides is 4. The summed E-state index contributed by atoms with van der Waals surface area (Å²) in [4.78, 5) is 32.3. The van der Waals surface area contributed by atoms with Gasteiger partial charge in [0.15, 0.2) is 0 Å². The number of carbonyl (C=O) groups is 3. The van der Waals surface area contributed by atoms with E-state index in [2.05, 4.69) is 11.1 Å². The van der Waals surface area contributed by atoms with E-state index in [1.807, 2.05) is 6.08 Å². The first kappa shape index (κ1) is 15.0. The van der Waals surface area contributed by atoms with Crippen LogP contribution < -0.4 is 11.1 Å². The largest absolute Gasteiger partial charge is 0.372 e. The van der Waals surface area contributed by atoms with Crippen molar-refractivity contribution in [2.75, 3.05) is 19.6 Å². The molecule has 1 atom stereocenters. The Hall–Kier alpha value is -2.09. The summed E-state index contributed by atoms with van der Waals surface area (Å²) in [6, 6.07) is -0.578. The molecule has 2 rings (SSSR count). The third kappa shape index (κ3) is 3.68. The maximum atomic E-state index is 11.4. The van der Waals surface area contributed by atoms with Gasteiger partial charge in [0.2, 0.25) is 12.3 Å². The van der Waals surface area contributed by atoms with E-state index in [-0.39, 0.29) is 24.4 Å². The quantitative estimate of drug-likeness (QED) is 0.348. The minimum atomic E-state index is -0.337. The highest BCUT2D eigenvalue weighted by Gasteiger charge is 2.40. The first-order chi connectivity index (χ1) is 9.01. The molecule has 8 nitrogen and oxygen atoms in total. The van der Waals surface area contributed by atoms with Crippen LogP contribution in [0.4, 0.5) is 4.79 Å². The third-order valence-electron chi connectivity index (χ3n) is 2.94. The van der Waals surface area contributed by atoms with E-state index in [4.69, 9.17) is 4.79 Å². The van der Waals surface area contributed by atoms with Gasteiger partial charge in [-0.1, -0.05) is 6.08 Å². The zero-order valence-corrected chi connectivity index (χ0v) is 10.7. The number of nitrogens with one attached hydrogen (secondary N) is 1. The zero-order valence-electron chi connectivity index (χ0n) is 10.7. The van der Waals surface area contributed by atoms with Crippen LogP contribution in [0.25, 0.3) is 0 Å². The van der Waals surface area contributed by atoms with Crippen LogP contribution in [0.3, 0.4) is 0 Å². The Morgan fingerprint density at radius 1 is 1.68 bits per heavy atom. The van der Waals surface area contributed by atoms with E-state index in [1.54, 1.807) is 4.90 Å². The maximum Gasteiger partial charge on any atom is 0.344 e. The van der Waals surface area contributed by atoms with Crippen LogP contribution in [-0.2, 0) is 9.59 Å². The lowest BCUT2D eigenvalue weighted by molar-refractivity contribution is -0.119. The van der Waals surface area contributed by atoms with Crippen LogP contribution in [-0.4, -0.2) is 59.2 Å². The molecular weight excluding hydrogens is 252 g/mol. The lowest BCUT2D eigenvalue weighted by atomic mass is 10.0. The van der Waals surface area contributed by atoms with Gasteiger partial charge in [-0.2, -0.15) is 5.06 Å². The van der Waals surface area contributed by atoms with Crippen molar-refractivity contribution in [3.05, 3.63) is 11.6 Å². The van der Waals surface area contributed by atoms with Crippen LogP contribution >= 0.6 is 0 Å². The fourth-order valence-corrected chi connectivity index (χ4v) is 2.08. The summed E-state index contributed by atoms with van der Waals surface area (Å²) in [6.45, 7) is 3.09. The number of urea groups is 1. The Labute approximate surface area is 110 Å². The SMILES string of the molecule is CC(=O)NCCC1=CCN2CC1N(O)C2=O.NC=O. The molecule has 19 heavy (non-hydrogen) atoms. The molecule has 2 aliphatic rings. The van der Waals surface area contributed by atoms with Crippen LogP contribution in [0.1, 0.15) is 13.3 Å². The van der Waals surface area contributed by atoms with Crippen molar-refractivity contribution in [1.29, 1.82) is 0 Å². The van der Waals surface area contributed by atoms with E-state index in [9.17, 15) is 14.8 Å². The second kappa shape index (κ2) is 6.74. The van der Waals surface area contributed by atoms with E-state index < -0.39 is 0 Å². The number of rotatable bonds is 3. The van der Waals surface area contributed by atoms with E-state index in [0.717, 1.165) is 10.6 Å². The highest BCUT2D eigenvalue weighted by molar-refractivity contribution is 5.77. The van der Waals surface area contributed by atoms with Crippen molar-refractivity contribution < 1.29 is 19.6 Å². The molecule has 0 aromatic carbocycles. The van der Waals surface area contributed by atoms with Gasteiger partial charge in [-0.25, -0.2) is 4.79 Å². The van der Waals surface area contributed by atoms with Gasteiger partial charge in [-0.3, -0.25) is 14.8 Å². The van der Waals surface area contributed by atoms with Gasteiger partial charge >= 0.3 is 6.03 Å². The van der Waals surface area contributed by atoms with Gasteiger partial charge in [0.05, 0.1) is 6.04 Å². The summed E-state index contributed by atoms with van der Waals surface area (Å²) in [5, 5.41) is 13.0. The molecular formula is C11H18N4O4. The van der Waals surface area contributed by atoms with Gasteiger partial charge in [-0.05, 0) is 12.0 Å². The van der Waals surface area contributed by atoms with Crippen LogP contribution in [0.15, 0.2) is 11.6 Å². The number of nitrogens with zero attached hydrogens (tertiary/aromatic N) is 2. The molecule has 2 aliphatic heterocycles. The second-order valence-electron chi connectivity index (χ2n) is 4.20. The van der Waals surface area contributed by atoms with Gasteiger partial charge in [-0.15, -0.1) is 0 Å². The maximum absolute atomic E-state index is 11.4. The fraction of sp³-hybridized carbons (Fsp3) is 0.545. The predicted octanol–water partition coefficient (Wildman–Crippen LogP) is -0.950. The molecule has 2 heterocycles. The molecule has 8 heteroatoms. The monoisotopic (exact) mass is 270 g/mol. The van der Waals surface area contributed by atoms with Crippen molar-refractivity contribution in [2.24, 2.45) is 5.73 Å². The average Bonchev–Trinajstić information content (AvgIpc) is 2.58. The van der Waals surface area contributed by atoms with Crippen molar-refractivity contribution in [3.63, 3.8) is 0 Å². The highest BCUT2D eigenvalue weighted by Crippen LogP contribution is 2.26. The van der Waals surface area contributed by atoms with Crippen molar-refractivity contribution in [1.82, 2.24) is 15.3 Å². The summed E-state index contributed by atoms with van der Waals surface area (Å²) in [5.74, 6) is -0.0682. The van der Waals surface area contributed by atoms with Crippen LogP contribution in [0.5, 0.6) is 0 Å². The lowest BCUT2D eigenvalue weighted by Crippen LogP contribution is -2.33. The van der Waals surface area contributed by atoms with Crippen LogP contribution in [0.2, 0.25) is 0 Å². The Kier molecular flexibility index (Phi) is 5.31. The molecule has 0 aromatic rings. The van der Waals surface area contributed by atoms with Gasteiger partial charge in [0, 0.05) is 26.6 Å². The topological polar surface area (TPSA) is 116 Å². The minimum absolute atomic E-state index is 0.0682. The number of primary amides is 1. The van der Waals surface area contributed by atoms with Crippen molar-refractivity contribution in [2.45, 2.75) is 19.4 Å². The number of nitrogens with two attached hydrogens (primary N) is 1. The van der Waals surface area contributed by atoms with Gasteiger partial charge < -0.3 is 16.0 Å². The minimum Gasteiger partial charge on any atom is -0.372 e. The fourth-order valence-electron chi connectivity index (χ4n) is 2.08. The summed E-state index contributed by atoms with van der Waals surface area (Å²) >= 11 is 0. The zero-order chi connectivity index (χ0) is 14.4. The molecule has 2 bridgehead atoms. The Bertz CT molecular complexity index is 396. The molecule has 0 aromatic heterocycles. The van der Waals surface area contributed by atoms with E-state index in [0.29, 0.717) is 26.1 Å². The molecule has 106 valence electrons. The van der Waals surface area contributed by atoms with E-state index in [1.165, 1.54) is 6.92 Å². The predicted molar refractivity (Wildman–Crippen MR) is 66.0 cm³/mol. The first-order valence-corrected chi connectivity index (χ1v) is 5.87. The van der Waals surface area contributed by atoms with Gasteiger partial charge in [0.1, 0.15) is 0 Å². The van der Waals surface area contributed by atoms with Crippen molar-refractivity contribution >= 4 is 18.3 Å². The molecule has 0 radical (unpaired) electrons. The molecule has 1 unspecified atom stereocenters. The smallest absolute Gasteiger partial charge is 0.344 e. The van der Waals surface area contributed by atoms with Crippen molar-refractivity contribution in [3.8, 4) is 0 Å². The number of hydrogen-bond acceptors (Lipinski definition) is 4. The number of carbonyl (C=O) groups excluding carboxylic acids is 3. The Balaban J connectivity index is 0.000000550. The highest BCUT2D eigenvalue weighted by atomic mass is 16.5. The summed E-state index contributed by atoms with van der Waals surface area (Å²) in [7, 11) is 0. The summed E-state index contributed by atoms with van der Waals surface area (Å²) in [5.41, 5.74) is 5.18. The molecule has 0 spiro atoms. The molecule has 0 saturated carbocycles. The lowest BCUT2D eigenvalue weighted by Gasteiger charge is -2.22. The number of fused-ring (bicyclic) bond motifs is 2. The summed E-state index contributed by atoms with van der Waals surface area (Å²) in [6.07, 6.45) is 2.87. The average molecular weight is 270 g/mol. The first-order valence-electron chi connectivity index (χ1n) is 5.87. The molecule has 4 amide bonds. The standard InChI is InChI=1S/C10H15N3O3.CH3NO/c1-7(14)11-4-2-8-3-5-12-6-9(8)13(16)10(12)15;2-1-3/h3,9,16H,2,4-6H2,1H3,(H,11,14);1H,(H2,2,3).